The molecule has 5 heteroatoms. The summed E-state index contributed by atoms with van der Waals surface area (Å²) in [6, 6.07) is 14.1. The highest BCUT2D eigenvalue weighted by Gasteiger charge is 2.12. The Labute approximate surface area is 142 Å². The largest absolute Gasteiger partial charge is 0.349 e. The number of nitrogens with one attached hydrogen (secondary N) is 1. The van der Waals surface area contributed by atoms with Crippen LogP contribution >= 0.6 is 27.7 Å². The number of rotatable bonds is 6. The molecule has 116 valence electrons. The lowest BCUT2D eigenvalue weighted by molar-refractivity contribution is -0.119. The van der Waals surface area contributed by atoms with Crippen LogP contribution in [0.1, 0.15) is 24.9 Å². The Morgan fingerprint density at radius 2 is 1.82 bits per heavy atom. The summed E-state index contributed by atoms with van der Waals surface area (Å²) < 4.78 is 13.8. The lowest BCUT2D eigenvalue weighted by atomic mass is 10.0. The molecule has 22 heavy (non-hydrogen) atoms. The summed E-state index contributed by atoms with van der Waals surface area (Å²) in [5, 5.41) is 3.03. The number of benzene rings is 2. The van der Waals surface area contributed by atoms with Crippen molar-refractivity contribution in [1.29, 1.82) is 0 Å². The van der Waals surface area contributed by atoms with E-state index in [1.165, 1.54) is 23.9 Å². The van der Waals surface area contributed by atoms with Crippen molar-refractivity contribution < 1.29 is 9.18 Å². The molecule has 0 heterocycles. The van der Waals surface area contributed by atoms with E-state index < -0.39 is 0 Å². The number of halogens is 2. The summed E-state index contributed by atoms with van der Waals surface area (Å²) >= 11 is 4.81. The fraction of sp³-hybridized carbons (Fsp3) is 0.235. The van der Waals surface area contributed by atoms with E-state index in [9.17, 15) is 9.18 Å². The van der Waals surface area contributed by atoms with Crippen molar-refractivity contribution in [2.45, 2.75) is 24.3 Å². The maximum Gasteiger partial charge on any atom is 0.230 e. The molecule has 0 saturated carbocycles. The summed E-state index contributed by atoms with van der Waals surface area (Å²) in [6.45, 7) is 2.04. The average molecular weight is 382 g/mol. The number of hydrogen-bond donors (Lipinski definition) is 1. The van der Waals surface area contributed by atoms with Crippen LogP contribution in [0.3, 0.4) is 0 Å². The van der Waals surface area contributed by atoms with Gasteiger partial charge in [0.15, 0.2) is 0 Å². The maximum atomic E-state index is 12.8. The van der Waals surface area contributed by atoms with Gasteiger partial charge in [-0.15, -0.1) is 11.8 Å². The molecule has 0 aliphatic rings. The van der Waals surface area contributed by atoms with E-state index in [1.54, 1.807) is 12.1 Å². The zero-order chi connectivity index (χ0) is 15.9. The van der Waals surface area contributed by atoms with Gasteiger partial charge in [0.05, 0.1) is 11.8 Å². The highest BCUT2D eigenvalue weighted by Crippen LogP contribution is 2.21. The molecule has 0 aliphatic carbocycles. The summed E-state index contributed by atoms with van der Waals surface area (Å²) in [4.78, 5) is 13.0. The molecule has 0 aliphatic heterocycles. The Balaban J connectivity index is 1.89. The normalized spacial score (nSPS) is 12.0. The molecule has 0 saturated heterocycles. The van der Waals surface area contributed by atoms with E-state index in [1.807, 2.05) is 31.2 Å². The molecule has 0 fully saturated rings. The second-order valence-electron chi connectivity index (χ2n) is 4.82. The van der Waals surface area contributed by atoms with Crippen LogP contribution < -0.4 is 5.32 Å². The Morgan fingerprint density at radius 1 is 1.18 bits per heavy atom. The molecule has 2 nitrogen and oxygen atoms in total. The van der Waals surface area contributed by atoms with Gasteiger partial charge < -0.3 is 5.32 Å². The molecule has 0 unspecified atom stereocenters. The van der Waals surface area contributed by atoms with Gasteiger partial charge in [-0.3, -0.25) is 4.79 Å². The van der Waals surface area contributed by atoms with Gasteiger partial charge in [0, 0.05) is 9.37 Å². The molecular weight excluding hydrogens is 365 g/mol. The fourth-order valence-corrected chi connectivity index (χ4v) is 3.01. The van der Waals surface area contributed by atoms with Crippen LogP contribution in [0.2, 0.25) is 0 Å². The summed E-state index contributed by atoms with van der Waals surface area (Å²) in [5.41, 5.74) is 1.09. The predicted octanol–water partition coefficient (Wildman–Crippen LogP) is 4.95. The highest BCUT2D eigenvalue weighted by atomic mass is 79.9. The Hall–Kier alpha value is -1.33. The third-order valence-electron chi connectivity index (χ3n) is 3.20. The SMILES string of the molecule is CC[C@H](NC(=O)CSc1ccc(F)cc1)c1ccc(Br)cc1. The zero-order valence-corrected chi connectivity index (χ0v) is 14.6. The van der Waals surface area contributed by atoms with Crippen molar-refractivity contribution in [2.24, 2.45) is 0 Å². The minimum atomic E-state index is -0.268. The molecule has 0 spiro atoms. The lowest BCUT2D eigenvalue weighted by Gasteiger charge is -2.17. The molecular formula is C17H17BrFNOS. The molecule has 1 amide bonds. The first kappa shape index (κ1) is 17.0. The van der Waals surface area contributed by atoms with Gasteiger partial charge in [0.25, 0.3) is 0 Å². The van der Waals surface area contributed by atoms with Gasteiger partial charge in [-0.2, -0.15) is 0 Å². The van der Waals surface area contributed by atoms with E-state index in [4.69, 9.17) is 0 Å². The van der Waals surface area contributed by atoms with Crippen LogP contribution in [0, 0.1) is 5.82 Å². The number of carbonyl (C=O) groups is 1. The minimum absolute atomic E-state index is 0.00872. The van der Waals surface area contributed by atoms with Crippen LogP contribution in [0.5, 0.6) is 0 Å². The molecule has 0 radical (unpaired) electrons. The quantitative estimate of drug-likeness (QED) is 0.717. The van der Waals surface area contributed by atoms with Crippen molar-refractivity contribution in [3.63, 3.8) is 0 Å². The van der Waals surface area contributed by atoms with Crippen LogP contribution in [0.15, 0.2) is 57.9 Å². The first-order valence-electron chi connectivity index (χ1n) is 7.01. The van der Waals surface area contributed by atoms with E-state index in [-0.39, 0.29) is 17.8 Å². The summed E-state index contributed by atoms with van der Waals surface area (Å²) in [7, 11) is 0. The minimum Gasteiger partial charge on any atom is -0.349 e. The molecule has 0 aromatic heterocycles. The summed E-state index contributed by atoms with van der Waals surface area (Å²) in [6.07, 6.45) is 0.828. The Kier molecular flexibility index (Phi) is 6.46. The van der Waals surface area contributed by atoms with Gasteiger partial charge in [0.1, 0.15) is 5.82 Å². The van der Waals surface area contributed by atoms with Gasteiger partial charge >= 0.3 is 0 Å². The average Bonchev–Trinajstić information content (AvgIpc) is 2.53. The molecule has 2 aromatic rings. The van der Waals surface area contributed by atoms with Crippen molar-refractivity contribution in [2.75, 3.05) is 5.75 Å². The van der Waals surface area contributed by atoms with E-state index in [0.29, 0.717) is 5.75 Å². The number of thioether (sulfide) groups is 1. The molecule has 0 bridgehead atoms. The van der Waals surface area contributed by atoms with Crippen LogP contribution in [-0.4, -0.2) is 11.7 Å². The Bertz CT molecular complexity index is 616. The smallest absolute Gasteiger partial charge is 0.230 e. The highest BCUT2D eigenvalue weighted by molar-refractivity contribution is 9.10. The topological polar surface area (TPSA) is 29.1 Å². The second kappa shape index (κ2) is 8.34. The van der Waals surface area contributed by atoms with Crippen molar-refractivity contribution in [3.05, 3.63) is 64.4 Å². The van der Waals surface area contributed by atoms with Gasteiger partial charge in [-0.05, 0) is 48.4 Å². The first-order valence-corrected chi connectivity index (χ1v) is 8.79. The van der Waals surface area contributed by atoms with Crippen molar-refractivity contribution >= 4 is 33.6 Å². The summed E-state index contributed by atoms with van der Waals surface area (Å²) in [5.74, 6) is 0.0257. The van der Waals surface area contributed by atoms with Gasteiger partial charge in [-0.25, -0.2) is 4.39 Å². The third kappa shape index (κ3) is 5.14. The molecule has 1 N–H and O–H groups in total. The van der Waals surface area contributed by atoms with Crippen LogP contribution in [0.4, 0.5) is 4.39 Å². The number of carbonyl (C=O) groups excluding carboxylic acids is 1. The number of amides is 1. The Morgan fingerprint density at radius 3 is 2.41 bits per heavy atom. The predicted molar refractivity (Wildman–Crippen MR) is 92.4 cm³/mol. The van der Waals surface area contributed by atoms with Crippen LogP contribution in [0.25, 0.3) is 0 Å². The molecule has 2 rings (SSSR count). The van der Waals surface area contributed by atoms with Gasteiger partial charge in [0.2, 0.25) is 5.91 Å². The van der Waals surface area contributed by atoms with Crippen LogP contribution in [-0.2, 0) is 4.79 Å². The zero-order valence-electron chi connectivity index (χ0n) is 12.2. The maximum absolute atomic E-state index is 12.8. The van der Waals surface area contributed by atoms with Crippen molar-refractivity contribution in [3.8, 4) is 0 Å². The monoisotopic (exact) mass is 381 g/mol. The standard InChI is InChI=1S/C17H17BrFNOS/c1-2-16(12-3-5-13(18)6-4-12)20-17(21)11-22-15-9-7-14(19)8-10-15/h3-10,16H,2,11H2,1H3,(H,20,21)/t16-/m0/s1. The first-order chi connectivity index (χ1) is 10.6. The number of hydrogen-bond acceptors (Lipinski definition) is 2. The third-order valence-corrected chi connectivity index (χ3v) is 4.74. The van der Waals surface area contributed by atoms with Gasteiger partial charge in [-0.1, -0.05) is 35.0 Å². The second-order valence-corrected chi connectivity index (χ2v) is 6.79. The van der Waals surface area contributed by atoms with E-state index in [2.05, 4.69) is 21.2 Å². The van der Waals surface area contributed by atoms with E-state index >= 15 is 0 Å². The fourth-order valence-electron chi connectivity index (χ4n) is 2.03. The molecule has 2 aromatic carbocycles. The van der Waals surface area contributed by atoms with E-state index in [0.717, 1.165) is 21.4 Å². The van der Waals surface area contributed by atoms with Crippen molar-refractivity contribution in [1.82, 2.24) is 5.32 Å². The molecule has 1 atom stereocenters. The lowest BCUT2D eigenvalue weighted by Crippen LogP contribution is -2.29.